The molecule has 1 amide bonds. The van der Waals surface area contributed by atoms with E-state index in [1.807, 2.05) is 54.7 Å². The van der Waals surface area contributed by atoms with Gasteiger partial charge in [-0.3, -0.25) is 19.6 Å². The van der Waals surface area contributed by atoms with E-state index >= 15 is 0 Å². The number of amides is 1. The van der Waals surface area contributed by atoms with Gasteiger partial charge in [-0.1, -0.05) is 48.0 Å². The van der Waals surface area contributed by atoms with Gasteiger partial charge in [0, 0.05) is 55.1 Å². The van der Waals surface area contributed by atoms with Gasteiger partial charge in [-0.2, -0.15) is 0 Å². The van der Waals surface area contributed by atoms with Gasteiger partial charge in [-0.05, 0) is 18.2 Å². The van der Waals surface area contributed by atoms with Crippen LogP contribution in [0.4, 0.5) is 5.69 Å². The average Bonchev–Trinajstić information content (AvgIpc) is 3.02. The molecule has 2 aromatic carbocycles. The molecule has 1 fully saturated rings. The van der Waals surface area contributed by atoms with Crippen LogP contribution in [0.3, 0.4) is 0 Å². The number of aliphatic imine (C=N–C) groups is 2. The lowest BCUT2D eigenvalue weighted by Crippen LogP contribution is -2.44. The second-order valence-electron chi connectivity index (χ2n) is 8.00. The zero-order chi connectivity index (χ0) is 22.1. The van der Waals surface area contributed by atoms with Gasteiger partial charge in [0.25, 0.3) is 5.91 Å². The number of hydrogen-bond donors (Lipinski definition) is 0. The molecule has 0 spiro atoms. The Hall–Kier alpha value is -3.22. The lowest BCUT2D eigenvalue weighted by atomic mass is 10.00. The van der Waals surface area contributed by atoms with Gasteiger partial charge in [-0.25, -0.2) is 4.99 Å². The van der Waals surface area contributed by atoms with E-state index in [4.69, 9.17) is 21.6 Å². The highest BCUT2D eigenvalue weighted by Crippen LogP contribution is 2.33. The van der Waals surface area contributed by atoms with Crippen molar-refractivity contribution in [2.24, 2.45) is 9.98 Å². The molecule has 3 aliphatic rings. The SMILES string of the molecule is C=CCN1CCN(/C=C2/N=C3CN=C(c4ccccc4)c4cc(Cl)ccc4N3C2=O)CC1. The van der Waals surface area contributed by atoms with Gasteiger partial charge < -0.3 is 4.90 Å². The van der Waals surface area contributed by atoms with Crippen LogP contribution in [0.15, 0.2) is 83.1 Å². The number of amidine groups is 1. The molecule has 32 heavy (non-hydrogen) atoms. The number of hydrogen-bond acceptors (Lipinski definition) is 5. The molecular formula is C25H24ClN5O. The van der Waals surface area contributed by atoms with Crippen LogP contribution >= 0.6 is 11.6 Å². The highest BCUT2D eigenvalue weighted by Gasteiger charge is 2.36. The standard InChI is InChI=1S/C25H24ClN5O/c1-2-10-29-11-13-30(14-12-29)17-21-25(32)31-22-9-8-19(26)15-20(22)24(27-16-23(31)28-21)18-6-4-3-5-7-18/h2-9,15,17H,1,10-14,16H2/b21-17+. The molecule has 3 aliphatic heterocycles. The average molecular weight is 446 g/mol. The molecule has 162 valence electrons. The van der Waals surface area contributed by atoms with Crippen LogP contribution in [-0.2, 0) is 4.79 Å². The zero-order valence-electron chi connectivity index (χ0n) is 17.7. The number of anilines is 1. The third-order valence-electron chi connectivity index (χ3n) is 5.91. The Bertz CT molecular complexity index is 1150. The predicted octanol–water partition coefficient (Wildman–Crippen LogP) is 3.58. The van der Waals surface area contributed by atoms with Gasteiger partial charge >= 0.3 is 0 Å². The Morgan fingerprint density at radius 1 is 1.06 bits per heavy atom. The van der Waals surface area contributed by atoms with Gasteiger partial charge in [-0.15, -0.1) is 6.58 Å². The normalized spacial score (nSPS) is 19.9. The topological polar surface area (TPSA) is 51.5 Å². The number of fused-ring (bicyclic) bond motifs is 3. The van der Waals surface area contributed by atoms with Gasteiger partial charge in [0.2, 0.25) is 0 Å². The molecule has 6 nitrogen and oxygen atoms in total. The molecule has 7 heteroatoms. The summed E-state index contributed by atoms with van der Waals surface area (Å²) >= 11 is 6.34. The number of benzene rings is 2. The minimum absolute atomic E-state index is 0.124. The Balaban J connectivity index is 1.48. The van der Waals surface area contributed by atoms with Crippen molar-refractivity contribution in [2.45, 2.75) is 0 Å². The fraction of sp³-hybridized carbons (Fsp3) is 0.240. The van der Waals surface area contributed by atoms with Crippen LogP contribution in [0.5, 0.6) is 0 Å². The number of carbonyl (C=O) groups is 1. The molecule has 0 aromatic heterocycles. The summed E-state index contributed by atoms with van der Waals surface area (Å²) < 4.78 is 0. The molecular weight excluding hydrogens is 422 g/mol. The van der Waals surface area contributed by atoms with Crippen molar-refractivity contribution in [3.63, 3.8) is 0 Å². The van der Waals surface area contributed by atoms with E-state index in [0.29, 0.717) is 23.1 Å². The molecule has 3 heterocycles. The van der Waals surface area contributed by atoms with E-state index in [1.165, 1.54) is 0 Å². The first-order chi connectivity index (χ1) is 15.6. The maximum Gasteiger partial charge on any atom is 0.284 e. The van der Waals surface area contributed by atoms with Crippen LogP contribution < -0.4 is 4.90 Å². The molecule has 0 atom stereocenters. The minimum atomic E-state index is -0.124. The Morgan fingerprint density at radius 2 is 1.84 bits per heavy atom. The van der Waals surface area contributed by atoms with E-state index in [2.05, 4.69) is 16.4 Å². The molecule has 0 saturated carbocycles. The van der Waals surface area contributed by atoms with Crippen molar-refractivity contribution in [3.05, 3.63) is 89.2 Å². The predicted molar refractivity (Wildman–Crippen MR) is 130 cm³/mol. The number of rotatable bonds is 4. The van der Waals surface area contributed by atoms with Crippen molar-refractivity contribution < 1.29 is 4.79 Å². The van der Waals surface area contributed by atoms with E-state index in [9.17, 15) is 4.79 Å². The fourth-order valence-electron chi connectivity index (χ4n) is 4.31. The summed E-state index contributed by atoms with van der Waals surface area (Å²) in [6, 6.07) is 15.5. The van der Waals surface area contributed by atoms with E-state index < -0.39 is 0 Å². The molecule has 0 radical (unpaired) electrons. The first kappa shape index (κ1) is 20.7. The van der Waals surface area contributed by atoms with Crippen LogP contribution in [0.2, 0.25) is 5.02 Å². The summed E-state index contributed by atoms with van der Waals surface area (Å²) in [5, 5.41) is 0.604. The number of piperazine rings is 1. The van der Waals surface area contributed by atoms with E-state index in [-0.39, 0.29) is 5.91 Å². The highest BCUT2D eigenvalue weighted by atomic mass is 35.5. The first-order valence-electron chi connectivity index (χ1n) is 10.7. The quantitative estimate of drug-likeness (QED) is 0.534. The summed E-state index contributed by atoms with van der Waals surface area (Å²) in [7, 11) is 0. The van der Waals surface area contributed by atoms with Gasteiger partial charge in [0.1, 0.15) is 11.5 Å². The van der Waals surface area contributed by atoms with Gasteiger partial charge in [0.05, 0.1) is 17.9 Å². The molecule has 5 rings (SSSR count). The third kappa shape index (κ3) is 3.87. The monoisotopic (exact) mass is 445 g/mol. The number of nitrogens with zero attached hydrogens (tertiary/aromatic N) is 5. The van der Waals surface area contributed by atoms with Crippen LogP contribution in [0, 0.1) is 0 Å². The Morgan fingerprint density at radius 3 is 2.59 bits per heavy atom. The second kappa shape index (κ2) is 8.73. The van der Waals surface area contributed by atoms with Crippen LogP contribution in [0.1, 0.15) is 11.1 Å². The van der Waals surface area contributed by atoms with Crippen molar-refractivity contribution in [3.8, 4) is 0 Å². The first-order valence-corrected chi connectivity index (χ1v) is 11.1. The van der Waals surface area contributed by atoms with Crippen molar-refractivity contribution in [1.82, 2.24) is 9.80 Å². The van der Waals surface area contributed by atoms with Crippen LogP contribution in [0.25, 0.3) is 0 Å². The zero-order valence-corrected chi connectivity index (χ0v) is 18.5. The molecule has 2 aromatic rings. The van der Waals surface area contributed by atoms with Crippen molar-refractivity contribution >= 4 is 34.7 Å². The number of carbonyl (C=O) groups excluding carboxylic acids is 1. The lowest BCUT2D eigenvalue weighted by molar-refractivity contribution is -0.114. The maximum atomic E-state index is 13.4. The summed E-state index contributed by atoms with van der Waals surface area (Å²) in [5.74, 6) is 0.516. The summed E-state index contributed by atoms with van der Waals surface area (Å²) in [6.45, 7) is 8.63. The molecule has 0 unspecified atom stereocenters. The van der Waals surface area contributed by atoms with E-state index in [1.54, 1.807) is 11.0 Å². The Labute approximate surface area is 192 Å². The molecule has 0 aliphatic carbocycles. The minimum Gasteiger partial charge on any atom is -0.373 e. The fourth-order valence-corrected chi connectivity index (χ4v) is 4.48. The lowest BCUT2D eigenvalue weighted by Gasteiger charge is -2.33. The molecule has 1 saturated heterocycles. The smallest absolute Gasteiger partial charge is 0.284 e. The summed E-state index contributed by atoms with van der Waals surface area (Å²) in [4.78, 5) is 29.2. The largest absolute Gasteiger partial charge is 0.373 e. The Kier molecular flexibility index (Phi) is 5.64. The molecule has 0 bridgehead atoms. The summed E-state index contributed by atoms with van der Waals surface area (Å²) in [6.07, 6.45) is 3.82. The van der Waals surface area contributed by atoms with Crippen molar-refractivity contribution in [1.29, 1.82) is 0 Å². The summed E-state index contributed by atoms with van der Waals surface area (Å²) in [5.41, 5.74) is 3.85. The van der Waals surface area contributed by atoms with Crippen LogP contribution in [-0.4, -0.2) is 66.5 Å². The second-order valence-corrected chi connectivity index (χ2v) is 8.44. The molecule has 0 N–H and O–H groups in total. The third-order valence-corrected chi connectivity index (χ3v) is 6.14. The maximum absolute atomic E-state index is 13.4. The van der Waals surface area contributed by atoms with E-state index in [0.717, 1.165) is 55.2 Å². The van der Waals surface area contributed by atoms with Crippen molar-refractivity contribution in [2.75, 3.05) is 44.2 Å². The van der Waals surface area contributed by atoms with Gasteiger partial charge in [0.15, 0.2) is 0 Å². The highest BCUT2D eigenvalue weighted by molar-refractivity contribution is 6.34. The number of halogens is 1.